The van der Waals surface area contributed by atoms with Gasteiger partial charge in [-0.2, -0.15) is 0 Å². The second kappa shape index (κ2) is 7.67. The van der Waals surface area contributed by atoms with Crippen LogP contribution in [0, 0.1) is 17.3 Å². The lowest BCUT2D eigenvalue weighted by Gasteiger charge is -2.37. The van der Waals surface area contributed by atoms with Gasteiger partial charge in [-0.1, -0.05) is 13.3 Å². The Bertz CT molecular complexity index is 545. The van der Waals surface area contributed by atoms with Gasteiger partial charge in [0, 0.05) is 25.2 Å². The van der Waals surface area contributed by atoms with E-state index in [1.807, 2.05) is 0 Å². The van der Waals surface area contributed by atoms with Gasteiger partial charge in [0.2, 0.25) is 5.91 Å². The Balaban J connectivity index is 0.00000196. The van der Waals surface area contributed by atoms with Gasteiger partial charge in [-0.15, -0.1) is 12.4 Å². The number of amides is 1. The summed E-state index contributed by atoms with van der Waals surface area (Å²) in [7, 11) is 0. The largest absolute Gasteiger partial charge is 0.481 e. The zero-order valence-corrected chi connectivity index (χ0v) is 16.7. The first kappa shape index (κ1) is 19.9. The van der Waals surface area contributed by atoms with Gasteiger partial charge in [-0.3, -0.25) is 14.5 Å². The van der Waals surface area contributed by atoms with E-state index in [2.05, 4.69) is 16.7 Å². The maximum Gasteiger partial charge on any atom is 0.311 e. The fourth-order valence-electron chi connectivity index (χ4n) is 5.72. The van der Waals surface area contributed by atoms with Gasteiger partial charge in [0.25, 0.3) is 0 Å². The number of hydrogen-bond acceptors (Lipinski definition) is 3. The number of carbonyl (C=O) groups excluding carboxylic acids is 1. The molecule has 4 rings (SSSR count). The molecule has 3 saturated carbocycles. The smallest absolute Gasteiger partial charge is 0.311 e. The molecule has 0 unspecified atom stereocenters. The maximum absolute atomic E-state index is 13.1. The third-order valence-electron chi connectivity index (χ3n) is 7.33. The summed E-state index contributed by atoms with van der Waals surface area (Å²) in [4.78, 5) is 29.3. The first-order valence-corrected chi connectivity index (χ1v) is 10.3. The van der Waals surface area contributed by atoms with Crippen LogP contribution < -0.4 is 0 Å². The standard InChI is InChI=1S/C20H32N2O3.ClH/c1-14-4-6-16(7-5-14)22(17-8-9-17)18(23)12-21-11-15-3-2-10-20(15,13-21)19(24)25;/h14-17H,2-13H2,1H3,(H,24,25);1H/t14?,15-,16?,20+;/m0./s1. The van der Waals surface area contributed by atoms with Crippen LogP contribution >= 0.6 is 12.4 Å². The summed E-state index contributed by atoms with van der Waals surface area (Å²) in [6, 6.07) is 0.883. The molecule has 0 aromatic rings. The predicted octanol–water partition coefficient (Wildman–Crippen LogP) is 3.16. The summed E-state index contributed by atoms with van der Waals surface area (Å²) in [6.45, 7) is 4.10. The van der Waals surface area contributed by atoms with Crippen molar-refractivity contribution in [2.24, 2.45) is 17.3 Å². The average Bonchev–Trinajstić information content (AvgIpc) is 3.20. The quantitative estimate of drug-likeness (QED) is 0.790. The Kier molecular flexibility index (Phi) is 5.88. The van der Waals surface area contributed by atoms with Gasteiger partial charge >= 0.3 is 5.97 Å². The number of carboxylic acids is 1. The molecule has 148 valence electrons. The fourth-order valence-corrected chi connectivity index (χ4v) is 5.72. The van der Waals surface area contributed by atoms with E-state index in [4.69, 9.17) is 0 Å². The molecule has 1 saturated heterocycles. The van der Waals surface area contributed by atoms with Crippen LogP contribution in [0.2, 0.25) is 0 Å². The van der Waals surface area contributed by atoms with E-state index >= 15 is 0 Å². The predicted molar refractivity (Wildman–Crippen MR) is 102 cm³/mol. The van der Waals surface area contributed by atoms with Crippen LogP contribution in [0.25, 0.3) is 0 Å². The second-order valence-electron chi connectivity index (χ2n) is 9.17. The summed E-state index contributed by atoms with van der Waals surface area (Å²) in [5.74, 6) is 0.635. The van der Waals surface area contributed by atoms with Crippen molar-refractivity contribution in [1.82, 2.24) is 9.80 Å². The lowest BCUT2D eigenvalue weighted by atomic mass is 9.81. The molecule has 2 atom stereocenters. The number of rotatable bonds is 5. The molecule has 1 heterocycles. The molecule has 0 bridgehead atoms. The zero-order valence-electron chi connectivity index (χ0n) is 15.9. The van der Waals surface area contributed by atoms with Crippen molar-refractivity contribution in [3.8, 4) is 0 Å². The molecule has 26 heavy (non-hydrogen) atoms. The molecular formula is C20H33ClN2O3. The van der Waals surface area contributed by atoms with Gasteiger partial charge in [-0.05, 0) is 63.2 Å². The lowest BCUT2D eigenvalue weighted by Crippen LogP contribution is -2.48. The highest BCUT2D eigenvalue weighted by atomic mass is 35.5. The van der Waals surface area contributed by atoms with Crippen LogP contribution in [0.3, 0.4) is 0 Å². The van der Waals surface area contributed by atoms with E-state index in [1.54, 1.807) is 0 Å². The molecule has 1 aliphatic heterocycles. The molecule has 6 heteroatoms. The van der Waals surface area contributed by atoms with Gasteiger partial charge in [0.15, 0.2) is 0 Å². The van der Waals surface area contributed by atoms with Crippen molar-refractivity contribution in [2.45, 2.75) is 76.8 Å². The summed E-state index contributed by atoms with van der Waals surface area (Å²) in [5.41, 5.74) is -0.578. The summed E-state index contributed by atoms with van der Waals surface area (Å²) in [6.07, 6.45) is 9.86. The van der Waals surface area contributed by atoms with Crippen LogP contribution in [0.4, 0.5) is 0 Å². The van der Waals surface area contributed by atoms with E-state index in [0.29, 0.717) is 25.2 Å². The molecule has 3 aliphatic carbocycles. The fraction of sp³-hybridized carbons (Fsp3) is 0.900. The monoisotopic (exact) mass is 384 g/mol. The SMILES string of the molecule is CC1CCC(N(C(=O)CN2C[C@@H]3CCC[C@@]3(C(=O)O)C2)C2CC2)CC1.Cl. The minimum Gasteiger partial charge on any atom is -0.481 e. The normalized spacial score (nSPS) is 37.0. The van der Waals surface area contributed by atoms with Gasteiger partial charge in [-0.25, -0.2) is 0 Å². The number of halogens is 1. The lowest BCUT2D eigenvalue weighted by molar-refractivity contribution is -0.150. The molecule has 4 fully saturated rings. The summed E-state index contributed by atoms with van der Waals surface area (Å²) in [5, 5.41) is 9.74. The first-order chi connectivity index (χ1) is 12.0. The van der Waals surface area contributed by atoms with Gasteiger partial charge in [0.05, 0.1) is 12.0 Å². The minimum atomic E-state index is -0.648. The topological polar surface area (TPSA) is 60.9 Å². The highest BCUT2D eigenvalue weighted by Crippen LogP contribution is 2.49. The number of fused-ring (bicyclic) bond motifs is 1. The zero-order chi connectivity index (χ0) is 17.6. The first-order valence-electron chi connectivity index (χ1n) is 10.3. The number of nitrogens with zero attached hydrogens (tertiary/aromatic N) is 2. The minimum absolute atomic E-state index is 0. The Morgan fingerprint density at radius 1 is 1.08 bits per heavy atom. The second-order valence-corrected chi connectivity index (χ2v) is 9.17. The number of likely N-dealkylation sites (tertiary alicyclic amines) is 1. The third-order valence-corrected chi connectivity index (χ3v) is 7.33. The molecule has 4 aliphatic rings. The van der Waals surface area contributed by atoms with Crippen molar-refractivity contribution in [2.75, 3.05) is 19.6 Å². The Morgan fingerprint density at radius 3 is 2.23 bits per heavy atom. The summed E-state index contributed by atoms with van der Waals surface area (Å²) < 4.78 is 0. The van der Waals surface area contributed by atoms with Crippen molar-refractivity contribution in [3.05, 3.63) is 0 Å². The van der Waals surface area contributed by atoms with E-state index in [1.165, 1.54) is 12.8 Å². The Morgan fingerprint density at radius 2 is 1.69 bits per heavy atom. The van der Waals surface area contributed by atoms with Crippen molar-refractivity contribution in [1.29, 1.82) is 0 Å². The molecule has 0 radical (unpaired) electrons. The maximum atomic E-state index is 13.1. The van der Waals surface area contributed by atoms with Gasteiger partial charge in [0.1, 0.15) is 0 Å². The van der Waals surface area contributed by atoms with Crippen LogP contribution in [0.15, 0.2) is 0 Å². The van der Waals surface area contributed by atoms with E-state index in [-0.39, 0.29) is 24.2 Å². The molecule has 1 amide bonds. The molecule has 0 aromatic heterocycles. The van der Waals surface area contributed by atoms with Gasteiger partial charge < -0.3 is 10.0 Å². The van der Waals surface area contributed by atoms with Crippen molar-refractivity contribution >= 4 is 24.3 Å². The highest BCUT2D eigenvalue weighted by molar-refractivity contribution is 5.85. The molecular weight excluding hydrogens is 352 g/mol. The number of carboxylic acid groups (broad SMARTS) is 1. The molecule has 5 nitrogen and oxygen atoms in total. The highest BCUT2D eigenvalue weighted by Gasteiger charge is 2.55. The number of aliphatic carboxylic acids is 1. The third kappa shape index (κ3) is 3.62. The Labute approximate surface area is 162 Å². The summed E-state index contributed by atoms with van der Waals surface area (Å²) >= 11 is 0. The number of hydrogen-bond donors (Lipinski definition) is 1. The van der Waals surface area contributed by atoms with Crippen molar-refractivity contribution in [3.63, 3.8) is 0 Å². The Hall–Kier alpha value is -0.810. The van der Waals surface area contributed by atoms with E-state index in [9.17, 15) is 14.7 Å². The van der Waals surface area contributed by atoms with Crippen LogP contribution in [-0.2, 0) is 9.59 Å². The van der Waals surface area contributed by atoms with Crippen molar-refractivity contribution < 1.29 is 14.7 Å². The molecule has 0 aromatic carbocycles. The molecule has 0 spiro atoms. The number of carbonyl (C=O) groups is 2. The van der Waals surface area contributed by atoms with Crippen LogP contribution in [0.5, 0.6) is 0 Å². The molecule has 1 N–H and O–H groups in total. The van der Waals surface area contributed by atoms with Crippen LogP contribution in [-0.4, -0.2) is 58.5 Å². The van der Waals surface area contributed by atoms with Crippen LogP contribution in [0.1, 0.15) is 64.7 Å². The average molecular weight is 385 g/mol. The van der Waals surface area contributed by atoms with E-state index < -0.39 is 11.4 Å². The van der Waals surface area contributed by atoms with E-state index in [0.717, 1.165) is 57.4 Å².